The van der Waals surface area contributed by atoms with E-state index < -0.39 is 11.6 Å². The molecule has 1 aromatic carbocycles. The molecular formula is C26H37N5O2. The number of likely N-dealkylation sites (tertiary alicyclic amines) is 2. The minimum Gasteiger partial charge on any atom is -0.335 e. The van der Waals surface area contributed by atoms with Gasteiger partial charge in [-0.25, -0.2) is 4.79 Å². The smallest absolute Gasteiger partial charge is 0.318 e. The molecule has 2 saturated heterocycles. The molecule has 3 amide bonds. The molecule has 0 aromatic heterocycles. The van der Waals surface area contributed by atoms with Crippen LogP contribution in [-0.4, -0.2) is 59.5 Å². The monoisotopic (exact) mass is 451 g/mol. The van der Waals surface area contributed by atoms with E-state index in [0.717, 1.165) is 51.9 Å². The van der Waals surface area contributed by atoms with Crippen LogP contribution in [0, 0.1) is 17.2 Å². The number of nitrogens with zero attached hydrogens (tertiary/aromatic N) is 3. The van der Waals surface area contributed by atoms with Gasteiger partial charge in [-0.1, -0.05) is 62.4 Å². The highest BCUT2D eigenvalue weighted by atomic mass is 16.2. The second-order valence-corrected chi connectivity index (χ2v) is 10.1. The average Bonchev–Trinajstić information content (AvgIpc) is 3.51. The SMILES string of the molecule is N#CC1(NC(=O)C(CC2CCCCC2)NC(=O)N2CCCC2)CCN(Cc2ccccc2)C1. The van der Waals surface area contributed by atoms with Gasteiger partial charge in [-0.3, -0.25) is 9.69 Å². The van der Waals surface area contributed by atoms with Gasteiger partial charge in [-0.2, -0.15) is 5.26 Å². The number of benzene rings is 1. The van der Waals surface area contributed by atoms with Crippen LogP contribution in [0.15, 0.2) is 30.3 Å². The molecule has 1 aliphatic carbocycles. The Morgan fingerprint density at radius 3 is 2.48 bits per heavy atom. The standard InChI is InChI=1S/C26H37N5O2/c27-19-26(13-16-30(20-26)18-22-11-5-2-6-12-22)29-24(32)23(17-21-9-3-1-4-10-21)28-25(33)31-14-7-8-15-31/h2,5-6,11-12,21,23H,1,3-4,7-10,13-18,20H2,(H,28,33)(H,29,32). The maximum atomic E-state index is 13.4. The molecular weight excluding hydrogens is 414 g/mol. The second kappa shape index (κ2) is 11.0. The van der Waals surface area contributed by atoms with E-state index in [1.807, 2.05) is 18.2 Å². The van der Waals surface area contributed by atoms with Crippen LogP contribution in [0.5, 0.6) is 0 Å². The van der Waals surface area contributed by atoms with Crippen LogP contribution in [0.3, 0.4) is 0 Å². The van der Waals surface area contributed by atoms with Gasteiger partial charge in [-0.05, 0) is 37.2 Å². The van der Waals surface area contributed by atoms with Crippen LogP contribution >= 0.6 is 0 Å². The van der Waals surface area contributed by atoms with E-state index in [-0.39, 0.29) is 11.9 Å². The van der Waals surface area contributed by atoms with Crippen LogP contribution in [-0.2, 0) is 11.3 Å². The van der Waals surface area contributed by atoms with Gasteiger partial charge in [0, 0.05) is 32.7 Å². The lowest BCUT2D eigenvalue weighted by atomic mass is 9.84. The summed E-state index contributed by atoms with van der Waals surface area (Å²) in [7, 11) is 0. The van der Waals surface area contributed by atoms with Gasteiger partial charge < -0.3 is 15.5 Å². The van der Waals surface area contributed by atoms with E-state index in [2.05, 4.69) is 33.7 Å². The fourth-order valence-electron chi connectivity index (χ4n) is 5.56. The Kier molecular flexibility index (Phi) is 7.87. The fourth-order valence-corrected chi connectivity index (χ4v) is 5.56. The maximum absolute atomic E-state index is 13.4. The predicted octanol–water partition coefficient (Wildman–Crippen LogP) is 3.42. The molecule has 178 valence electrons. The predicted molar refractivity (Wildman–Crippen MR) is 127 cm³/mol. The highest BCUT2D eigenvalue weighted by Crippen LogP contribution is 2.28. The number of hydrogen-bond acceptors (Lipinski definition) is 4. The first-order valence-corrected chi connectivity index (χ1v) is 12.6. The average molecular weight is 452 g/mol. The van der Waals surface area contributed by atoms with Gasteiger partial charge in [0.05, 0.1) is 6.07 Å². The van der Waals surface area contributed by atoms with E-state index in [0.29, 0.717) is 25.3 Å². The van der Waals surface area contributed by atoms with Crippen molar-refractivity contribution in [3.8, 4) is 6.07 Å². The van der Waals surface area contributed by atoms with Crippen molar-refractivity contribution in [3.63, 3.8) is 0 Å². The van der Waals surface area contributed by atoms with E-state index >= 15 is 0 Å². The molecule has 3 aliphatic rings. The zero-order chi connectivity index (χ0) is 23.1. The molecule has 2 unspecified atom stereocenters. The maximum Gasteiger partial charge on any atom is 0.318 e. The normalized spacial score (nSPS) is 24.9. The summed E-state index contributed by atoms with van der Waals surface area (Å²) in [5.74, 6) is 0.237. The van der Waals surface area contributed by atoms with Crippen molar-refractivity contribution < 1.29 is 9.59 Å². The molecule has 7 nitrogen and oxygen atoms in total. The number of hydrogen-bond donors (Lipinski definition) is 2. The third kappa shape index (κ3) is 6.26. The summed E-state index contributed by atoms with van der Waals surface area (Å²) < 4.78 is 0. The minimum absolute atomic E-state index is 0.147. The van der Waals surface area contributed by atoms with Gasteiger partial charge in [0.25, 0.3) is 0 Å². The van der Waals surface area contributed by atoms with Crippen molar-refractivity contribution in [2.45, 2.75) is 75.9 Å². The number of carbonyl (C=O) groups is 2. The Morgan fingerprint density at radius 2 is 1.79 bits per heavy atom. The summed E-state index contributed by atoms with van der Waals surface area (Å²) in [5, 5.41) is 16.1. The fraction of sp³-hybridized carbons (Fsp3) is 0.654. The van der Waals surface area contributed by atoms with Gasteiger partial charge in [0.15, 0.2) is 0 Å². The molecule has 4 rings (SSSR count). The van der Waals surface area contributed by atoms with Gasteiger partial charge in [0.1, 0.15) is 11.6 Å². The Balaban J connectivity index is 1.40. The summed E-state index contributed by atoms with van der Waals surface area (Å²) in [6.45, 7) is 3.52. The zero-order valence-corrected chi connectivity index (χ0v) is 19.6. The van der Waals surface area contributed by atoms with E-state index in [1.54, 1.807) is 4.90 Å². The second-order valence-electron chi connectivity index (χ2n) is 10.1. The summed E-state index contributed by atoms with van der Waals surface area (Å²) in [5.41, 5.74) is 0.292. The lowest BCUT2D eigenvalue weighted by Gasteiger charge is -2.31. The Hall–Kier alpha value is -2.59. The van der Waals surface area contributed by atoms with Crippen LogP contribution in [0.2, 0.25) is 0 Å². The third-order valence-corrected chi connectivity index (χ3v) is 7.48. The summed E-state index contributed by atoms with van der Waals surface area (Å²) in [4.78, 5) is 30.3. The summed E-state index contributed by atoms with van der Waals surface area (Å²) >= 11 is 0. The Bertz CT molecular complexity index is 842. The van der Waals surface area contributed by atoms with Crippen LogP contribution in [0.1, 0.15) is 63.4 Å². The van der Waals surface area contributed by atoms with E-state index in [4.69, 9.17) is 0 Å². The molecule has 2 aliphatic heterocycles. The molecule has 0 spiro atoms. The third-order valence-electron chi connectivity index (χ3n) is 7.48. The Labute approximate surface area is 197 Å². The lowest BCUT2D eigenvalue weighted by Crippen LogP contribution is -2.57. The van der Waals surface area contributed by atoms with Crippen molar-refractivity contribution in [3.05, 3.63) is 35.9 Å². The molecule has 2 atom stereocenters. The minimum atomic E-state index is -0.908. The first kappa shape index (κ1) is 23.6. The number of rotatable bonds is 7. The van der Waals surface area contributed by atoms with Crippen molar-refractivity contribution in [2.75, 3.05) is 26.2 Å². The van der Waals surface area contributed by atoms with Crippen molar-refractivity contribution in [1.29, 1.82) is 5.26 Å². The van der Waals surface area contributed by atoms with Crippen LogP contribution in [0.4, 0.5) is 4.79 Å². The molecule has 2 N–H and O–H groups in total. The number of urea groups is 1. The highest BCUT2D eigenvalue weighted by Gasteiger charge is 2.41. The largest absolute Gasteiger partial charge is 0.335 e. The number of amides is 3. The van der Waals surface area contributed by atoms with Gasteiger partial charge in [0.2, 0.25) is 5.91 Å². The summed E-state index contributed by atoms with van der Waals surface area (Å²) in [6, 6.07) is 11.9. The van der Waals surface area contributed by atoms with E-state index in [9.17, 15) is 14.9 Å². The van der Waals surface area contributed by atoms with Crippen molar-refractivity contribution in [2.24, 2.45) is 5.92 Å². The zero-order valence-electron chi connectivity index (χ0n) is 19.6. The lowest BCUT2D eigenvalue weighted by molar-refractivity contribution is -0.124. The molecule has 2 heterocycles. The molecule has 1 aromatic rings. The number of carbonyl (C=O) groups excluding carboxylic acids is 2. The highest BCUT2D eigenvalue weighted by molar-refractivity contribution is 5.88. The first-order chi connectivity index (χ1) is 16.1. The van der Waals surface area contributed by atoms with Crippen molar-refractivity contribution in [1.82, 2.24) is 20.4 Å². The van der Waals surface area contributed by atoms with Crippen LogP contribution in [0.25, 0.3) is 0 Å². The van der Waals surface area contributed by atoms with Crippen LogP contribution < -0.4 is 10.6 Å². The number of nitriles is 1. The first-order valence-electron chi connectivity index (χ1n) is 12.6. The van der Waals surface area contributed by atoms with E-state index in [1.165, 1.54) is 24.8 Å². The van der Waals surface area contributed by atoms with Crippen molar-refractivity contribution >= 4 is 11.9 Å². The summed E-state index contributed by atoms with van der Waals surface area (Å²) in [6.07, 6.45) is 9.13. The topological polar surface area (TPSA) is 88.5 Å². The quantitative estimate of drug-likeness (QED) is 0.665. The Morgan fingerprint density at radius 1 is 1.06 bits per heavy atom. The number of nitrogens with one attached hydrogen (secondary N) is 2. The molecule has 1 saturated carbocycles. The molecule has 0 radical (unpaired) electrons. The van der Waals surface area contributed by atoms with Gasteiger partial charge >= 0.3 is 6.03 Å². The molecule has 0 bridgehead atoms. The molecule has 33 heavy (non-hydrogen) atoms. The molecule has 3 fully saturated rings. The molecule has 7 heteroatoms. The van der Waals surface area contributed by atoms with Gasteiger partial charge in [-0.15, -0.1) is 0 Å².